The van der Waals surface area contributed by atoms with Crippen LogP contribution in [-0.4, -0.2) is 65.4 Å². The number of rotatable bonds is 6. The van der Waals surface area contributed by atoms with Gasteiger partial charge in [-0.3, -0.25) is 14.5 Å². The molecule has 0 aliphatic carbocycles. The number of aryl methyl sites for hydroxylation is 1. The number of nitrogens with one attached hydrogen (secondary N) is 1. The monoisotopic (exact) mass is 461 g/mol. The molecule has 1 aromatic rings. The summed E-state index contributed by atoms with van der Waals surface area (Å²) in [6.07, 6.45) is 1.92. The van der Waals surface area contributed by atoms with E-state index in [1.54, 1.807) is 16.2 Å². The van der Waals surface area contributed by atoms with E-state index in [9.17, 15) is 9.59 Å². The van der Waals surface area contributed by atoms with Crippen molar-refractivity contribution in [1.82, 2.24) is 20.1 Å². The van der Waals surface area contributed by atoms with E-state index in [-0.39, 0.29) is 61.5 Å². The number of nitrogens with zero attached hydrogens (tertiary/aromatic N) is 3. The van der Waals surface area contributed by atoms with Crippen LogP contribution in [0.15, 0.2) is 6.20 Å². The molecule has 3 N–H and O–H groups in total. The van der Waals surface area contributed by atoms with Crippen LogP contribution in [0.4, 0.5) is 0 Å². The number of thiazole rings is 1. The summed E-state index contributed by atoms with van der Waals surface area (Å²) in [5, 5.41) is 3.72. The molecule has 7 nitrogen and oxygen atoms in total. The number of hydrogen-bond donors (Lipinski definition) is 2. The Hall–Kier alpha value is -0.640. The van der Waals surface area contributed by atoms with Crippen LogP contribution in [0.5, 0.6) is 0 Å². The van der Waals surface area contributed by atoms with Gasteiger partial charge in [-0.25, -0.2) is 4.98 Å². The lowest BCUT2D eigenvalue weighted by Crippen LogP contribution is -2.52. The first-order valence-electron chi connectivity index (χ1n) is 8.31. The molecule has 0 spiro atoms. The average Bonchev–Trinajstić information content (AvgIpc) is 2.97. The van der Waals surface area contributed by atoms with Crippen molar-refractivity contribution in [3.63, 3.8) is 0 Å². The predicted octanol–water partition coefficient (Wildman–Crippen LogP) is 1.46. The Morgan fingerprint density at radius 2 is 1.81 bits per heavy atom. The van der Waals surface area contributed by atoms with Crippen molar-refractivity contribution in [3.8, 4) is 0 Å². The van der Waals surface area contributed by atoms with E-state index in [1.165, 1.54) is 4.88 Å². The molecule has 0 bridgehead atoms. The third-order valence-corrected chi connectivity index (χ3v) is 5.11. The number of aromatic nitrogens is 1. The Kier molecular flexibility index (Phi) is 14.3. The molecule has 0 aromatic carbocycles. The Morgan fingerprint density at radius 1 is 1.22 bits per heavy atom. The van der Waals surface area contributed by atoms with E-state index in [4.69, 9.17) is 5.73 Å². The fraction of sp³-hybridized carbons (Fsp3) is 0.688. The van der Waals surface area contributed by atoms with Gasteiger partial charge in [-0.1, -0.05) is 13.8 Å². The van der Waals surface area contributed by atoms with Crippen molar-refractivity contribution in [2.24, 2.45) is 11.7 Å². The minimum absolute atomic E-state index is 0. The maximum atomic E-state index is 12.2. The minimum Gasteiger partial charge on any atom is -0.346 e. The Morgan fingerprint density at radius 3 is 2.30 bits per heavy atom. The molecule has 158 valence electrons. The molecule has 0 unspecified atom stereocenters. The summed E-state index contributed by atoms with van der Waals surface area (Å²) in [5.41, 5.74) is 5.77. The van der Waals surface area contributed by atoms with Gasteiger partial charge in [-0.15, -0.1) is 48.6 Å². The third-order valence-electron chi connectivity index (χ3n) is 4.21. The molecule has 27 heavy (non-hydrogen) atoms. The van der Waals surface area contributed by atoms with Crippen molar-refractivity contribution >= 4 is 60.4 Å². The normalized spacial score (nSPS) is 15.2. The zero-order chi connectivity index (χ0) is 17.7. The highest BCUT2D eigenvalue weighted by atomic mass is 35.5. The van der Waals surface area contributed by atoms with Gasteiger partial charge in [-0.05, 0) is 12.8 Å². The van der Waals surface area contributed by atoms with E-state index in [2.05, 4.69) is 15.2 Å². The molecule has 1 aliphatic heterocycles. The van der Waals surface area contributed by atoms with Gasteiger partial charge < -0.3 is 16.0 Å². The minimum atomic E-state index is -0.572. The first-order chi connectivity index (χ1) is 11.4. The molecular formula is C16H30Cl3N5O2S. The Labute approximate surface area is 183 Å². The fourth-order valence-corrected chi connectivity index (χ4v) is 3.39. The van der Waals surface area contributed by atoms with Gasteiger partial charge in [0.2, 0.25) is 11.8 Å². The van der Waals surface area contributed by atoms with Crippen molar-refractivity contribution in [1.29, 1.82) is 0 Å². The van der Waals surface area contributed by atoms with Gasteiger partial charge in [0.15, 0.2) is 0 Å². The van der Waals surface area contributed by atoms with Gasteiger partial charge in [0.05, 0.1) is 17.6 Å². The van der Waals surface area contributed by atoms with Gasteiger partial charge in [0.1, 0.15) is 0 Å². The summed E-state index contributed by atoms with van der Waals surface area (Å²) in [4.78, 5) is 33.7. The van der Waals surface area contributed by atoms with Crippen molar-refractivity contribution in [2.45, 2.75) is 33.4 Å². The van der Waals surface area contributed by atoms with Crippen molar-refractivity contribution in [2.75, 3.05) is 32.7 Å². The topological polar surface area (TPSA) is 91.6 Å². The standard InChI is InChI=1S/C16H27N5O2S.3ClH/c1-11(2)15(17)16(23)19-9-14(22)21-6-4-20(5-7-21)10-13-8-18-12(3)24-13;;;/h8,11,15H,4-7,9-10,17H2,1-3H3,(H,19,23);3*1H/t15-;;;/m0.../s1. The van der Waals surface area contributed by atoms with Gasteiger partial charge >= 0.3 is 0 Å². The van der Waals surface area contributed by atoms with Gasteiger partial charge in [0.25, 0.3) is 0 Å². The number of carbonyl (C=O) groups excluding carboxylic acids is 2. The van der Waals surface area contributed by atoms with E-state index in [0.717, 1.165) is 24.6 Å². The van der Waals surface area contributed by atoms with Crippen LogP contribution in [0.1, 0.15) is 23.7 Å². The second-order valence-electron chi connectivity index (χ2n) is 6.49. The molecular weight excluding hydrogens is 433 g/mol. The smallest absolute Gasteiger partial charge is 0.242 e. The summed E-state index contributed by atoms with van der Waals surface area (Å²) in [5.74, 6) is -0.260. The summed E-state index contributed by atoms with van der Waals surface area (Å²) < 4.78 is 0. The quantitative estimate of drug-likeness (QED) is 0.668. The molecule has 1 atom stereocenters. The lowest BCUT2D eigenvalue weighted by atomic mass is 10.1. The van der Waals surface area contributed by atoms with Crippen LogP contribution in [0.2, 0.25) is 0 Å². The molecule has 1 aliphatic rings. The molecule has 0 radical (unpaired) electrons. The second kappa shape index (κ2) is 13.5. The largest absolute Gasteiger partial charge is 0.346 e. The van der Waals surface area contributed by atoms with Crippen LogP contribution in [0.25, 0.3) is 0 Å². The molecule has 1 aromatic heterocycles. The predicted molar refractivity (Wildman–Crippen MR) is 116 cm³/mol. The van der Waals surface area contributed by atoms with Crippen LogP contribution in [0, 0.1) is 12.8 Å². The number of carbonyl (C=O) groups is 2. The Bertz CT molecular complexity index is 580. The van der Waals surface area contributed by atoms with Crippen LogP contribution in [0.3, 0.4) is 0 Å². The zero-order valence-electron chi connectivity index (χ0n) is 15.8. The van der Waals surface area contributed by atoms with E-state index < -0.39 is 6.04 Å². The van der Waals surface area contributed by atoms with Gasteiger partial charge in [-0.2, -0.15) is 0 Å². The highest BCUT2D eigenvalue weighted by Gasteiger charge is 2.23. The first kappa shape index (κ1) is 28.6. The molecule has 2 heterocycles. The van der Waals surface area contributed by atoms with E-state index in [1.807, 2.05) is 27.0 Å². The highest BCUT2D eigenvalue weighted by Crippen LogP contribution is 2.15. The molecule has 1 saturated heterocycles. The molecule has 2 amide bonds. The van der Waals surface area contributed by atoms with Crippen LogP contribution < -0.4 is 11.1 Å². The van der Waals surface area contributed by atoms with Crippen molar-refractivity contribution in [3.05, 3.63) is 16.1 Å². The molecule has 11 heteroatoms. The summed E-state index contributed by atoms with van der Waals surface area (Å²) in [7, 11) is 0. The van der Waals surface area contributed by atoms with E-state index >= 15 is 0 Å². The van der Waals surface area contributed by atoms with Crippen LogP contribution >= 0.6 is 48.6 Å². The number of piperazine rings is 1. The Balaban J connectivity index is 0. The first-order valence-corrected chi connectivity index (χ1v) is 9.13. The zero-order valence-corrected chi connectivity index (χ0v) is 19.1. The maximum absolute atomic E-state index is 12.2. The highest BCUT2D eigenvalue weighted by molar-refractivity contribution is 7.11. The van der Waals surface area contributed by atoms with Gasteiger partial charge in [0, 0.05) is 43.8 Å². The number of hydrogen-bond acceptors (Lipinski definition) is 6. The molecule has 1 fully saturated rings. The fourth-order valence-electron chi connectivity index (χ4n) is 2.55. The SMILES string of the molecule is Cc1ncc(CN2CCN(C(=O)CNC(=O)[C@@H](N)C(C)C)CC2)s1.Cl.Cl.Cl. The maximum Gasteiger partial charge on any atom is 0.242 e. The van der Waals surface area contributed by atoms with Crippen LogP contribution in [-0.2, 0) is 16.1 Å². The molecule has 0 saturated carbocycles. The summed E-state index contributed by atoms with van der Waals surface area (Å²) in [6, 6.07) is -0.572. The summed E-state index contributed by atoms with van der Waals surface area (Å²) in [6.45, 7) is 9.71. The lowest BCUT2D eigenvalue weighted by molar-refractivity contribution is -0.134. The number of nitrogens with two attached hydrogens (primary N) is 1. The third kappa shape index (κ3) is 8.93. The second-order valence-corrected chi connectivity index (χ2v) is 7.81. The number of halogens is 3. The average molecular weight is 463 g/mol. The molecule has 2 rings (SSSR count). The van der Waals surface area contributed by atoms with Crippen molar-refractivity contribution < 1.29 is 9.59 Å². The van der Waals surface area contributed by atoms with E-state index in [0.29, 0.717) is 13.1 Å². The lowest BCUT2D eigenvalue weighted by Gasteiger charge is -2.34. The number of amides is 2. The summed E-state index contributed by atoms with van der Waals surface area (Å²) >= 11 is 1.71.